The van der Waals surface area contributed by atoms with Crippen LogP contribution in [0.15, 0.2) is 18.2 Å². The van der Waals surface area contributed by atoms with E-state index in [1.807, 2.05) is 12.1 Å². The Morgan fingerprint density at radius 2 is 2.00 bits per heavy atom. The van der Waals surface area contributed by atoms with Crippen LogP contribution in [0.4, 0.5) is 5.69 Å². The number of rotatable bonds is 4. The van der Waals surface area contributed by atoms with Crippen LogP contribution in [0.1, 0.15) is 68.6 Å². The second kappa shape index (κ2) is 6.61. The van der Waals surface area contributed by atoms with Crippen LogP contribution in [0.2, 0.25) is 0 Å². The molecule has 1 aliphatic carbocycles. The van der Waals surface area contributed by atoms with E-state index in [2.05, 4.69) is 11.4 Å². The van der Waals surface area contributed by atoms with Gasteiger partial charge >= 0.3 is 0 Å². The number of carbonyl (C=O) groups is 1. The molecule has 1 atom stereocenters. The molecule has 1 saturated carbocycles. The summed E-state index contributed by atoms with van der Waals surface area (Å²) in [6, 6.07) is 5.96. The van der Waals surface area contributed by atoms with E-state index in [9.17, 15) is 9.90 Å². The first kappa shape index (κ1) is 14.6. The molecule has 1 aromatic rings. The van der Waals surface area contributed by atoms with E-state index in [0.717, 1.165) is 42.0 Å². The van der Waals surface area contributed by atoms with E-state index in [0.29, 0.717) is 6.42 Å². The van der Waals surface area contributed by atoms with E-state index >= 15 is 0 Å². The quantitative estimate of drug-likeness (QED) is 0.880. The van der Waals surface area contributed by atoms with Gasteiger partial charge in [-0.25, -0.2) is 0 Å². The van der Waals surface area contributed by atoms with Crippen molar-refractivity contribution in [3.63, 3.8) is 0 Å². The molecule has 114 valence electrons. The number of nitrogens with one attached hydrogen (secondary N) is 1. The normalized spacial score (nSPS) is 20.7. The van der Waals surface area contributed by atoms with Crippen molar-refractivity contribution < 1.29 is 9.90 Å². The Labute approximate surface area is 126 Å². The van der Waals surface area contributed by atoms with Crippen molar-refractivity contribution in [2.75, 3.05) is 5.32 Å². The maximum Gasteiger partial charge on any atom is 0.224 e. The molecule has 0 radical (unpaired) electrons. The van der Waals surface area contributed by atoms with Crippen LogP contribution in [0.3, 0.4) is 0 Å². The third kappa shape index (κ3) is 3.65. The zero-order valence-corrected chi connectivity index (χ0v) is 12.6. The molecule has 1 heterocycles. The first-order valence-electron chi connectivity index (χ1n) is 8.33. The molecular formula is C18H25NO2. The Morgan fingerprint density at radius 1 is 1.19 bits per heavy atom. The monoisotopic (exact) mass is 287 g/mol. The fourth-order valence-electron chi connectivity index (χ4n) is 3.65. The van der Waals surface area contributed by atoms with Crippen molar-refractivity contribution in [3.05, 3.63) is 29.3 Å². The molecular weight excluding hydrogens is 262 g/mol. The summed E-state index contributed by atoms with van der Waals surface area (Å²) >= 11 is 0. The highest BCUT2D eigenvalue weighted by molar-refractivity contribution is 5.93. The number of hydrogen-bond acceptors (Lipinski definition) is 2. The van der Waals surface area contributed by atoms with Crippen LogP contribution in [-0.4, -0.2) is 11.0 Å². The average molecular weight is 287 g/mol. The minimum atomic E-state index is -0.366. The maximum atomic E-state index is 11.4. The van der Waals surface area contributed by atoms with Gasteiger partial charge in [0.15, 0.2) is 0 Å². The molecule has 1 unspecified atom stereocenters. The number of carbonyl (C=O) groups excluding carboxylic acids is 1. The van der Waals surface area contributed by atoms with Crippen molar-refractivity contribution in [2.24, 2.45) is 5.92 Å². The fraction of sp³-hybridized carbons (Fsp3) is 0.611. The van der Waals surface area contributed by atoms with E-state index in [1.54, 1.807) is 0 Å². The molecule has 0 spiro atoms. The lowest BCUT2D eigenvalue weighted by Crippen LogP contribution is -2.19. The summed E-state index contributed by atoms with van der Waals surface area (Å²) in [4.78, 5) is 11.4. The minimum absolute atomic E-state index is 0.0908. The van der Waals surface area contributed by atoms with Crippen molar-refractivity contribution >= 4 is 11.6 Å². The molecule has 1 amide bonds. The maximum absolute atomic E-state index is 11.4. The SMILES string of the molecule is O=C1CCc2cc(C(O)CCC3CCCCC3)ccc2N1. The van der Waals surface area contributed by atoms with Crippen molar-refractivity contribution in [2.45, 2.75) is 63.9 Å². The van der Waals surface area contributed by atoms with Crippen molar-refractivity contribution in [3.8, 4) is 0 Å². The van der Waals surface area contributed by atoms with Gasteiger partial charge in [0.25, 0.3) is 0 Å². The van der Waals surface area contributed by atoms with Crippen LogP contribution in [0.25, 0.3) is 0 Å². The van der Waals surface area contributed by atoms with Gasteiger partial charge in [0, 0.05) is 12.1 Å². The zero-order chi connectivity index (χ0) is 14.7. The summed E-state index contributed by atoms with van der Waals surface area (Å²) in [5.74, 6) is 0.901. The lowest BCUT2D eigenvalue weighted by atomic mass is 9.84. The number of aliphatic hydroxyl groups excluding tert-OH is 1. The van der Waals surface area contributed by atoms with Crippen LogP contribution in [0.5, 0.6) is 0 Å². The van der Waals surface area contributed by atoms with E-state index in [4.69, 9.17) is 0 Å². The Kier molecular flexibility index (Phi) is 4.59. The molecule has 0 saturated heterocycles. The highest BCUT2D eigenvalue weighted by Crippen LogP contribution is 2.32. The predicted octanol–water partition coefficient (Wildman–Crippen LogP) is 3.97. The number of benzene rings is 1. The first-order valence-corrected chi connectivity index (χ1v) is 8.33. The van der Waals surface area contributed by atoms with Gasteiger partial charge in [0.05, 0.1) is 6.10 Å². The second-order valence-electron chi connectivity index (χ2n) is 6.56. The van der Waals surface area contributed by atoms with E-state index in [-0.39, 0.29) is 12.0 Å². The molecule has 3 nitrogen and oxygen atoms in total. The Hall–Kier alpha value is -1.35. The summed E-state index contributed by atoms with van der Waals surface area (Å²) < 4.78 is 0. The summed E-state index contributed by atoms with van der Waals surface area (Å²) in [6.45, 7) is 0. The topological polar surface area (TPSA) is 49.3 Å². The van der Waals surface area contributed by atoms with Gasteiger partial charge in [0.1, 0.15) is 0 Å². The number of fused-ring (bicyclic) bond motifs is 1. The van der Waals surface area contributed by atoms with Gasteiger partial charge in [0.2, 0.25) is 5.91 Å². The second-order valence-corrected chi connectivity index (χ2v) is 6.56. The lowest BCUT2D eigenvalue weighted by molar-refractivity contribution is -0.116. The molecule has 2 N–H and O–H groups in total. The highest BCUT2D eigenvalue weighted by Gasteiger charge is 2.19. The summed E-state index contributed by atoms with van der Waals surface area (Å²) in [7, 11) is 0. The molecule has 1 aliphatic heterocycles. The first-order chi connectivity index (χ1) is 10.2. The molecule has 1 fully saturated rings. The number of hydrogen-bond donors (Lipinski definition) is 2. The number of aryl methyl sites for hydroxylation is 1. The fourth-order valence-corrected chi connectivity index (χ4v) is 3.65. The van der Waals surface area contributed by atoms with Crippen molar-refractivity contribution in [1.29, 1.82) is 0 Å². The zero-order valence-electron chi connectivity index (χ0n) is 12.6. The van der Waals surface area contributed by atoms with Crippen LogP contribution in [-0.2, 0) is 11.2 Å². The van der Waals surface area contributed by atoms with Gasteiger partial charge in [-0.15, -0.1) is 0 Å². The van der Waals surface area contributed by atoms with Crippen LogP contribution >= 0.6 is 0 Å². The van der Waals surface area contributed by atoms with Gasteiger partial charge in [-0.05, 0) is 42.4 Å². The Bertz CT molecular complexity index is 506. The van der Waals surface area contributed by atoms with Gasteiger partial charge < -0.3 is 10.4 Å². The summed E-state index contributed by atoms with van der Waals surface area (Å²) in [5, 5.41) is 13.3. The number of aliphatic hydroxyl groups is 1. The lowest BCUT2D eigenvalue weighted by Gasteiger charge is -2.23. The largest absolute Gasteiger partial charge is 0.388 e. The molecule has 21 heavy (non-hydrogen) atoms. The average Bonchev–Trinajstić information content (AvgIpc) is 2.53. The smallest absolute Gasteiger partial charge is 0.224 e. The molecule has 0 aromatic heterocycles. The molecule has 1 aromatic carbocycles. The highest BCUT2D eigenvalue weighted by atomic mass is 16.3. The van der Waals surface area contributed by atoms with Gasteiger partial charge in [-0.1, -0.05) is 44.2 Å². The van der Waals surface area contributed by atoms with Crippen LogP contribution in [0, 0.1) is 5.92 Å². The molecule has 3 heteroatoms. The molecule has 3 rings (SSSR count). The third-order valence-corrected chi connectivity index (χ3v) is 4.98. The van der Waals surface area contributed by atoms with Gasteiger partial charge in [-0.2, -0.15) is 0 Å². The van der Waals surface area contributed by atoms with E-state index in [1.165, 1.54) is 32.1 Å². The molecule has 0 bridgehead atoms. The number of anilines is 1. The number of amides is 1. The summed E-state index contributed by atoms with van der Waals surface area (Å²) in [5.41, 5.74) is 3.07. The molecule has 2 aliphatic rings. The van der Waals surface area contributed by atoms with Crippen molar-refractivity contribution in [1.82, 2.24) is 0 Å². The Balaban J connectivity index is 1.59. The predicted molar refractivity (Wildman–Crippen MR) is 84.2 cm³/mol. The van der Waals surface area contributed by atoms with Gasteiger partial charge in [-0.3, -0.25) is 4.79 Å². The van der Waals surface area contributed by atoms with Crippen LogP contribution < -0.4 is 5.32 Å². The van der Waals surface area contributed by atoms with E-state index < -0.39 is 0 Å². The minimum Gasteiger partial charge on any atom is -0.388 e. The standard InChI is InChI=1S/C18H25NO2/c20-17(10-6-13-4-2-1-3-5-13)15-7-9-16-14(12-15)8-11-18(21)19-16/h7,9,12-13,17,20H,1-6,8,10-11H2,(H,19,21). The Morgan fingerprint density at radius 3 is 2.81 bits per heavy atom. The third-order valence-electron chi connectivity index (χ3n) is 4.98. The summed E-state index contributed by atoms with van der Waals surface area (Å²) in [6.07, 6.45) is 9.74.